The maximum absolute atomic E-state index is 12.5. The molecule has 0 spiro atoms. The Balaban J connectivity index is 2.14. The minimum Gasteiger partial charge on any atom is -0.334 e. The van der Waals surface area contributed by atoms with Gasteiger partial charge in [0, 0.05) is 17.6 Å². The highest BCUT2D eigenvalue weighted by Crippen LogP contribution is 2.32. The summed E-state index contributed by atoms with van der Waals surface area (Å²) >= 11 is 5.99. The van der Waals surface area contributed by atoms with Crippen molar-refractivity contribution in [1.29, 1.82) is 0 Å². The Morgan fingerprint density at radius 3 is 2.63 bits per heavy atom. The number of nitrogens with zero attached hydrogens (tertiary/aromatic N) is 1. The third-order valence-corrected chi connectivity index (χ3v) is 4.03. The molecule has 1 amide bonds. The number of carbonyl (C=O) groups is 1. The molecular formula is C15H21ClN2O. The zero-order chi connectivity index (χ0) is 14.0. The summed E-state index contributed by atoms with van der Waals surface area (Å²) in [6, 6.07) is 7.75. The van der Waals surface area contributed by atoms with Crippen LogP contribution in [0.15, 0.2) is 24.3 Å². The van der Waals surface area contributed by atoms with Crippen molar-refractivity contribution in [2.45, 2.75) is 51.2 Å². The van der Waals surface area contributed by atoms with Gasteiger partial charge in [0.1, 0.15) is 0 Å². The zero-order valence-electron chi connectivity index (χ0n) is 11.5. The summed E-state index contributed by atoms with van der Waals surface area (Å²) < 4.78 is 0. The van der Waals surface area contributed by atoms with E-state index in [9.17, 15) is 4.79 Å². The van der Waals surface area contributed by atoms with E-state index in [-0.39, 0.29) is 11.9 Å². The molecule has 1 aliphatic rings. The highest BCUT2D eigenvalue weighted by molar-refractivity contribution is 6.30. The second-order valence-corrected chi connectivity index (χ2v) is 6.10. The molecule has 19 heavy (non-hydrogen) atoms. The molecule has 0 heterocycles. The summed E-state index contributed by atoms with van der Waals surface area (Å²) in [5, 5.41) is 0.694. The molecule has 0 aromatic heterocycles. The lowest BCUT2D eigenvalue weighted by Crippen LogP contribution is -2.60. The van der Waals surface area contributed by atoms with Gasteiger partial charge >= 0.3 is 0 Å². The number of nitrogens with two attached hydrogens (primary N) is 1. The number of benzene rings is 1. The molecule has 0 unspecified atom stereocenters. The minimum atomic E-state index is -0.636. The van der Waals surface area contributed by atoms with Gasteiger partial charge in [0.25, 0.3) is 0 Å². The number of carbonyl (C=O) groups excluding carboxylic acids is 1. The van der Waals surface area contributed by atoms with Crippen molar-refractivity contribution in [3.8, 4) is 0 Å². The van der Waals surface area contributed by atoms with E-state index in [4.69, 9.17) is 17.3 Å². The van der Waals surface area contributed by atoms with Crippen LogP contribution in [0.1, 0.15) is 38.7 Å². The van der Waals surface area contributed by atoms with Gasteiger partial charge in [-0.05, 0) is 50.8 Å². The Morgan fingerprint density at radius 1 is 1.47 bits per heavy atom. The highest BCUT2D eigenvalue weighted by atomic mass is 35.5. The summed E-state index contributed by atoms with van der Waals surface area (Å²) in [6.07, 6.45) is 2.64. The molecule has 2 N–H and O–H groups in total. The van der Waals surface area contributed by atoms with Crippen LogP contribution in [0.25, 0.3) is 0 Å². The first-order valence-electron chi connectivity index (χ1n) is 6.77. The summed E-state index contributed by atoms with van der Waals surface area (Å²) in [5.74, 6) is 0.0636. The topological polar surface area (TPSA) is 46.3 Å². The van der Waals surface area contributed by atoms with Crippen molar-refractivity contribution >= 4 is 17.5 Å². The summed E-state index contributed by atoms with van der Waals surface area (Å²) in [4.78, 5) is 14.4. The maximum atomic E-state index is 12.5. The van der Waals surface area contributed by atoms with Gasteiger partial charge in [0.2, 0.25) is 5.91 Å². The molecule has 0 atom stereocenters. The average molecular weight is 281 g/mol. The van der Waals surface area contributed by atoms with Gasteiger partial charge in [-0.1, -0.05) is 23.7 Å². The molecule has 104 valence electrons. The Bertz CT molecular complexity index is 469. The first-order chi connectivity index (χ1) is 8.92. The van der Waals surface area contributed by atoms with Gasteiger partial charge in [-0.25, -0.2) is 0 Å². The summed E-state index contributed by atoms with van der Waals surface area (Å²) in [7, 11) is 0. The number of hydrogen-bond acceptors (Lipinski definition) is 2. The molecule has 2 rings (SSSR count). The van der Waals surface area contributed by atoms with E-state index >= 15 is 0 Å². The highest BCUT2D eigenvalue weighted by Gasteiger charge is 2.43. The van der Waals surface area contributed by atoms with Crippen molar-refractivity contribution in [2.24, 2.45) is 5.73 Å². The fraction of sp³-hybridized carbons (Fsp3) is 0.533. The standard InChI is InChI=1S/C15H21ClN2O/c1-11(2)18(14(19)15(17)7-4-8-15)10-12-5-3-6-13(16)9-12/h3,5-6,9,11H,4,7-8,10,17H2,1-2H3. The Morgan fingerprint density at radius 2 is 2.16 bits per heavy atom. The van der Waals surface area contributed by atoms with Crippen molar-refractivity contribution < 1.29 is 4.79 Å². The molecule has 1 aromatic carbocycles. The monoisotopic (exact) mass is 280 g/mol. The second kappa shape index (κ2) is 5.51. The van der Waals surface area contributed by atoms with Crippen LogP contribution < -0.4 is 5.73 Å². The first-order valence-corrected chi connectivity index (χ1v) is 7.14. The zero-order valence-corrected chi connectivity index (χ0v) is 12.3. The van der Waals surface area contributed by atoms with Crippen LogP contribution in [-0.4, -0.2) is 22.4 Å². The van der Waals surface area contributed by atoms with E-state index in [0.717, 1.165) is 24.8 Å². The molecule has 1 saturated carbocycles. The maximum Gasteiger partial charge on any atom is 0.243 e. The van der Waals surface area contributed by atoms with E-state index in [1.165, 1.54) is 0 Å². The van der Waals surface area contributed by atoms with Crippen LogP contribution in [0.4, 0.5) is 0 Å². The van der Waals surface area contributed by atoms with E-state index < -0.39 is 5.54 Å². The Labute approximate surface area is 119 Å². The van der Waals surface area contributed by atoms with E-state index in [1.54, 1.807) is 0 Å². The largest absolute Gasteiger partial charge is 0.334 e. The molecule has 1 aromatic rings. The van der Waals surface area contributed by atoms with Crippen LogP contribution in [0.2, 0.25) is 5.02 Å². The van der Waals surface area contributed by atoms with Gasteiger partial charge < -0.3 is 10.6 Å². The Kier molecular flexibility index (Phi) is 4.16. The van der Waals surface area contributed by atoms with Gasteiger partial charge in [-0.2, -0.15) is 0 Å². The van der Waals surface area contributed by atoms with Gasteiger partial charge in [-0.15, -0.1) is 0 Å². The number of halogens is 1. The molecule has 0 bridgehead atoms. The lowest BCUT2D eigenvalue weighted by Gasteiger charge is -2.42. The third-order valence-electron chi connectivity index (χ3n) is 3.80. The molecule has 1 aliphatic carbocycles. The smallest absolute Gasteiger partial charge is 0.243 e. The molecule has 0 saturated heterocycles. The molecule has 1 fully saturated rings. The fourth-order valence-corrected chi connectivity index (χ4v) is 2.59. The number of hydrogen-bond donors (Lipinski definition) is 1. The second-order valence-electron chi connectivity index (χ2n) is 5.67. The molecular weight excluding hydrogens is 260 g/mol. The third kappa shape index (κ3) is 3.10. The SMILES string of the molecule is CC(C)N(Cc1cccc(Cl)c1)C(=O)C1(N)CCC1. The normalized spacial score (nSPS) is 17.1. The molecule has 0 radical (unpaired) electrons. The summed E-state index contributed by atoms with van der Waals surface area (Å²) in [5.41, 5.74) is 6.55. The van der Waals surface area contributed by atoms with Crippen molar-refractivity contribution in [1.82, 2.24) is 4.90 Å². The van der Waals surface area contributed by atoms with Crippen LogP contribution in [-0.2, 0) is 11.3 Å². The van der Waals surface area contributed by atoms with E-state index in [1.807, 2.05) is 43.0 Å². The fourth-order valence-electron chi connectivity index (χ4n) is 2.38. The molecule has 4 heteroatoms. The Hall–Kier alpha value is -1.06. The predicted octanol–water partition coefficient (Wildman–Crippen LogP) is 2.96. The molecule has 0 aliphatic heterocycles. The lowest BCUT2D eigenvalue weighted by atomic mass is 9.76. The summed E-state index contributed by atoms with van der Waals surface area (Å²) in [6.45, 7) is 4.60. The van der Waals surface area contributed by atoms with Crippen LogP contribution in [0.3, 0.4) is 0 Å². The lowest BCUT2D eigenvalue weighted by molar-refractivity contribution is -0.142. The number of amides is 1. The van der Waals surface area contributed by atoms with Gasteiger partial charge in [0.15, 0.2) is 0 Å². The van der Waals surface area contributed by atoms with Gasteiger partial charge in [0.05, 0.1) is 5.54 Å². The minimum absolute atomic E-state index is 0.0636. The van der Waals surface area contributed by atoms with Crippen molar-refractivity contribution in [2.75, 3.05) is 0 Å². The van der Waals surface area contributed by atoms with Crippen LogP contribution in [0, 0.1) is 0 Å². The van der Waals surface area contributed by atoms with E-state index in [2.05, 4.69) is 0 Å². The van der Waals surface area contributed by atoms with E-state index in [0.29, 0.717) is 11.6 Å². The predicted molar refractivity (Wildman–Crippen MR) is 77.9 cm³/mol. The van der Waals surface area contributed by atoms with Crippen LogP contribution >= 0.6 is 11.6 Å². The first kappa shape index (κ1) is 14.4. The quantitative estimate of drug-likeness (QED) is 0.922. The van der Waals surface area contributed by atoms with Crippen molar-refractivity contribution in [3.05, 3.63) is 34.9 Å². The van der Waals surface area contributed by atoms with Crippen LogP contribution in [0.5, 0.6) is 0 Å². The van der Waals surface area contributed by atoms with Gasteiger partial charge in [-0.3, -0.25) is 4.79 Å². The average Bonchev–Trinajstić information content (AvgIpc) is 2.32. The van der Waals surface area contributed by atoms with Crippen molar-refractivity contribution in [3.63, 3.8) is 0 Å². The molecule has 3 nitrogen and oxygen atoms in total. The number of rotatable bonds is 4.